The molecule has 0 spiro atoms. The number of aryl methyl sites for hydroxylation is 1. The van der Waals surface area contributed by atoms with Crippen molar-refractivity contribution < 1.29 is 4.74 Å². The van der Waals surface area contributed by atoms with E-state index in [0.29, 0.717) is 12.4 Å². The molecule has 0 bridgehead atoms. The van der Waals surface area contributed by atoms with Crippen LogP contribution in [0.4, 0.5) is 5.82 Å². The minimum absolute atomic E-state index is 0.0183. The number of nitrogens with zero attached hydrogens (tertiary/aromatic N) is 5. The lowest BCUT2D eigenvalue weighted by Crippen LogP contribution is -2.23. The Labute approximate surface area is 134 Å². The van der Waals surface area contributed by atoms with E-state index >= 15 is 0 Å². The summed E-state index contributed by atoms with van der Waals surface area (Å²) in [4.78, 5) is 8.27. The van der Waals surface area contributed by atoms with Crippen molar-refractivity contribution in [1.29, 1.82) is 0 Å². The molecule has 3 aromatic rings. The van der Waals surface area contributed by atoms with Gasteiger partial charge >= 0.3 is 0 Å². The molecule has 7 heteroatoms. The zero-order valence-electron chi connectivity index (χ0n) is 13.0. The molecule has 1 unspecified atom stereocenters. The zero-order chi connectivity index (χ0) is 16.1. The summed E-state index contributed by atoms with van der Waals surface area (Å²) in [5, 5.41) is 11.6. The van der Waals surface area contributed by atoms with Gasteiger partial charge in [-0.05, 0) is 31.2 Å². The highest BCUT2D eigenvalue weighted by molar-refractivity contribution is 5.51. The van der Waals surface area contributed by atoms with Crippen LogP contribution in [0.15, 0.2) is 49.1 Å². The van der Waals surface area contributed by atoms with Gasteiger partial charge in [0, 0.05) is 25.6 Å². The van der Waals surface area contributed by atoms with Crippen LogP contribution in [0.3, 0.4) is 0 Å². The lowest BCUT2D eigenvalue weighted by Gasteiger charge is -2.15. The highest BCUT2D eigenvalue weighted by Gasteiger charge is 2.07. The first-order valence-electron chi connectivity index (χ1n) is 7.34. The number of aromatic nitrogens is 5. The predicted octanol–water partition coefficient (Wildman–Crippen LogP) is 2.15. The van der Waals surface area contributed by atoms with Gasteiger partial charge in [-0.3, -0.25) is 4.98 Å². The van der Waals surface area contributed by atoms with Crippen molar-refractivity contribution in [1.82, 2.24) is 24.7 Å². The summed E-state index contributed by atoms with van der Waals surface area (Å²) in [6.45, 7) is 2.60. The van der Waals surface area contributed by atoms with Crippen molar-refractivity contribution in [3.63, 3.8) is 0 Å². The van der Waals surface area contributed by atoms with Crippen molar-refractivity contribution in [2.75, 3.05) is 11.9 Å². The number of anilines is 1. The van der Waals surface area contributed by atoms with Gasteiger partial charge in [-0.1, -0.05) is 0 Å². The smallest absolute Gasteiger partial charge is 0.160 e. The SMILES string of the molecule is CC(CNc1ccc(-c2nccn2C)nn1)Oc1cccnc1. The Balaban J connectivity index is 1.55. The lowest BCUT2D eigenvalue weighted by atomic mass is 10.3. The summed E-state index contributed by atoms with van der Waals surface area (Å²) in [6, 6.07) is 7.50. The highest BCUT2D eigenvalue weighted by atomic mass is 16.5. The standard InChI is InChI=1S/C16H18N6O/c1-12(23-13-4-3-7-17-11-13)10-19-15-6-5-14(20-21-15)16-18-8-9-22(16)2/h3-9,11-12H,10H2,1-2H3,(H,19,21). The zero-order valence-corrected chi connectivity index (χ0v) is 13.0. The Morgan fingerprint density at radius 3 is 2.78 bits per heavy atom. The van der Waals surface area contributed by atoms with E-state index < -0.39 is 0 Å². The molecule has 3 rings (SSSR count). The molecule has 0 saturated carbocycles. The van der Waals surface area contributed by atoms with Gasteiger partial charge in [0.1, 0.15) is 23.4 Å². The van der Waals surface area contributed by atoms with Crippen LogP contribution in [0, 0.1) is 0 Å². The highest BCUT2D eigenvalue weighted by Crippen LogP contribution is 2.14. The number of hydrogen-bond donors (Lipinski definition) is 1. The van der Waals surface area contributed by atoms with Crippen molar-refractivity contribution in [3.8, 4) is 17.3 Å². The van der Waals surface area contributed by atoms with Gasteiger partial charge in [0.15, 0.2) is 5.82 Å². The summed E-state index contributed by atoms with van der Waals surface area (Å²) in [7, 11) is 1.92. The van der Waals surface area contributed by atoms with Crippen LogP contribution in [-0.4, -0.2) is 37.4 Å². The summed E-state index contributed by atoms with van der Waals surface area (Å²) in [6.07, 6.45) is 7.00. The van der Waals surface area contributed by atoms with Gasteiger partial charge in [-0.25, -0.2) is 4.98 Å². The molecule has 1 N–H and O–H groups in total. The van der Waals surface area contributed by atoms with E-state index in [1.165, 1.54) is 0 Å². The Morgan fingerprint density at radius 2 is 2.13 bits per heavy atom. The van der Waals surface area contributed by atoms with Crippen LogP contribution in [0.1, 0.15) is 6.92 Å². The Kier molecular flexibility index (Phi) is 4.46. The second kappa shape index (κ2) is 6.87. The number of imidazole rings is 1. The fourth-order valence-electron chi connectivity index (χ4n) is 2.10. The molecule has 0 amide bonds. The molecule has 0 saturated heterocycles. The summed E-state index contributed by atoms with van der Waals surface area (Å²) in [5.74, 6) is 2.24. The average molecular weight is 310 g/mol. The van der Waals surface area contributed by atoms with Crippen LogP contribution in [0.2, 0.25) is 0 Å². The molecule has 0 fully saturated rings. The van der Waals surface area contributed by atoms with Crippen LogP contribution >= 0.6 is 0 Å². The quantitative estimate of drug-likeness (QED) is 0.751. The number of rotatable bonds is 6. The van der Waals surface area contributed by atoms with Crippen molar-refractivity contribution in [2.24, 2.45) is 7.05 Å². The summed E-state index contributed by atoms with van der Waals surface area (Å²) >= 11 is 0. The average Bonchev–Trinajstić information content (AvgIpc) is 3.00. The first-order chi connectivity index (χ1) is 11.2. The second-order valence-corrected chi connectivity index (χ2v) is 5.16. The lowest BCUT2D eigenvalue weighted by molar-refractivity contribution is 0.233. The topological polar surface area (TPSA) is 77.8 Å². The van der Waals surface area contributed by atoms with E-state index in [1.807, 2.05) is 49.0 Å². The number of ether oxygens (including phenoxy) is 1. The molecule has 3 aromatic heterocycles. The van der Waals surface area contributed by atoms with E-state index in [4.69, 9.17) is 4.74 Å². The van der Waals surface area contributed by atoms with E-state index in [9.17, 15) is 0 Å². The van der Waals surface area contributed by atoms with Crippen molar-refractivity contribution in [3.05, 3.63) is 49.1 Å². The van der Waals surface area contributed by atoms with E-state index in [2.05, 4.69) is 25.5 Å². The normalized spacial score (nSPS) is 11.9. The number of nitrogens with one attached hydrogen (secondary N) is 1. The van der Waals surface area contributed by atoms with Crippen molar-refractivity contribution in [2.45, 2.75) is 13.0 Å². The molecule has 0 aliphatic rings. The molecule has 3 heterocycles. The molecule has 23 heavy (non-hydrogen) atoms. The van der Waals surface area contributed by atoms with Gasteiger partial charge in [0.2, 0.25) is 0 Å². The van der Waals surface area contributed by atoms with E-state index in [0.717, 1.165) is 17.3 Å². The molecular weight excluding hydrogens is 292 g/mol. The molecular formula is C16H18N6O. The number of hydrogen-bond acceptors (Lipinski definition) is 6. The Hall–Kier alpha value is -2.96. The Morgan fingerprint density at radius 1 is 1.22 bits per heavy atom. The third-order valence-electron chi connectivity index (χ3n) is 3.26. The second-order valence-electron chi connectivity index (χ2n) is 5.16. The molecule has 0 aromatic carbocycles. The number of pyridine rings is 1. The first-order valence-corrected chi connectivity index (χ1v) is 7.34. The van der Waals surface area contributed by atoms with Gasteiger partial charge in [-0.2, -0.15) is 0 Å². The summed E-state index contributed by atoms with van der Waals surface area (Å²) in [5.41, 5.74) is 0.739. The fraction of sp³-hybridized carbons (Fsp3) is 0.250. The van der Waals surface area contributed by atoms with Crippen molar-refractivity contribution >= 4 is 5.82 Å². The predicted molar refractivity (Wildman–Crippen MR) is 87.1 cm³/mol. The van der Waals surface area contributed by atoms with Crippen LogP contribution in [0.25, 0.3) is 11.5 Å². The maximum absolute atomic E-state index is 5.75. The van der Waals surface area contributed by atoms with Gasteiger partial charge in [-0.15, -0.1) is 10.2 Å². The van der Waals surface area contributed by atoms with Gasteiger partial charge < -0.3 is 14.6 Å². The maximum Gasteiger partial charge on any atom is 0.160 e. The molecule has 118 valence electrons. The third kappa shape index (κ3) is 3.82. The molecule has 0 aliphatic heterocycles. The third-order valence-corrected chi connectivity index (χ3v) is 3.26. The minimum Gasteiger partial charge on any atom is -0.487 e. The first kappa shape index (κ1) is 15.0. The Bertz CT molecular complexity index is 741. The summed E-state index contributed by atoms with van der Waals surface area (Å²) < 4.78 is 7.65. The van der Waals surface area contributed by atoms with Crippen LogP contribution < -0.4 is 10.1 Å². The largest absolute Gasteiger partial charge is 0.487 e. The fourth-order valence-corrected chi connectivity index (χ4v) is 2.10. The molecule has 7 nitrogen and oxygen atoms in total. The van der Waals surface area contributed by atoms with E-state index in [-0.39, 0.29) is 6.10 Å². The molecule has 0 aliphatic carbocycles. The van der Waals surface area contributed by atoms with Crippen LogP contribution in [-0.2, 0) is 7.05 Å². The van der Waals surface area contributed by atoms with Gasteiger partial charge in [0.25, 0.3) is 0 Å². The van der Waals surface area contributed by atoms with Crippen LogP contribution in [0.5, 0.6) is 5.75 Å². The van der Waals surface area contributed by atoms with E-state index in [1.54, 1.807) is 18.6 Å². The monoisotopic (exact) mass is 310 g/mol. The molecule has 0 radical (unpaired) electrons. The minimum atomic E-state index is -0.0183. The maximum atomic E-state index is 5.75. The molecule has 1 atom stereocenters. The van der Waals surface area contributed by atoms with Gasteiger partial charge in [0.05, 0.1) is 12.7 Å².